The second-order valence-electron chi connectivity index (χ2n) is 8.55. The van der Waals surface area contributed by atoms with Crippen LogP contribution in [0.15, 0.2) is 0 Å². The van der Waals surface area contributed by atoms with Crippen LogP contribution in [0.2, 0.25) is 10.0 Å². The Morgan fingerprint density at radius 3 is 1.23 bits per heavy atom. The molecule has 1 aromatic carbocycles. The van der Waals surface area contributed by atoms with E-state index in [-0.39, 0.29) is 23.8 Å². The van der Waals surface area contributed by atoms with Crippen molar-refractivity contribution in [2.45, 2.75) is 36.0 Å². The molecule has 0 aliphatic heterocycles. The summed E-state index contributed by atoms with van der Waals surface area (Å²) in [6.07, 6.45) is -13.1. The maximum Gasteiger partial charge on any atom is 0.459 e. The summed E-state index contributed by atoms with van der Waals surface area (Å²) in [5, 5.41) is -1.68. The molecule has 0 spiro atoms. The van der Waals surface area contributed by atoms with E-state index in [1.165, 1.54) is 0 Å². The predicted octanol–water partition coefficient (Wildman–Crippen LogP) is 6.72. The van der Waals surface area contributed by atoms with Crippen molar-refractivity contribution in [3.63, 3.8) is 0 Å². The highest BCUT2D eigenvalue weighted by Crippen LogP contribution is 2.48. The van der Waals surface area contributed by atoms with E-state index in [1.54, 1.807) is 0 Å². The van der Waals surface area contributed by atoms with Crippen LogP contribution in [0.1, 0.15) is 41.4 Å². The molecule has 43 heavy (non-hydrogen) atoms. The predicted molar refractivity (Wildman–Crippen MR) is 120 cm³/mol. The van der Waals surface area contributed by atoms with Crippen molar-refractivity contribution in [2.24, 2.45) is 0 Å². The molecule has 0 heterocycles. The first kappa shape index (κ1) is 40.3. The van der Waals surface area contributed by atoms with Crippen LogP contribution in [-0.2, 0) is 0 Å². The first-order valence-corrected chi connectivity index (χ1v) is 11.2. The summed E-state index contributed by atoms with van der Waals surface area (Å²) in [5.41, 5.74) is -3.23. The lowest BCUT2D eigenvalue weighted by molar-refractivity contribution is -0.355. The third kappa shape index (κ3) is 8.25. The van der Waals surface area contributed by atoms with E-state index in [9.17, 15) is 80.6 Å². The third-order valence-corrected chi connectivity index (χ3v) is 5.78. The summed E-state index contributed by atoms with van der Waals surface area (Å²) >= 11 is 11.5. The number of carbonyl (C=O) groups excluding carboxylic acids is 4. The zero-order valence-corrected chi connectivity index (χ0v) is 22.7. The Morgan fingerprint density at radius 1 is 0.605 bits per heavy atom. The highest BCUT2D eigenvalue weighted by molar-refractivity contribution is 6.42. The van der Waals surface area contributed by atoms with Crippen LogP contribution >= 0.6 is 23.2 Å². The molecule has 1 aromatic rings. The molecule has 0 aromatic heterocycles. The van der Waals surface area contributed by atoms with E-state index in [0.29, 0.717) is 11.9 Å². The van der Waals surface area contributed by atoms with Crippen molar-refractivity contribution in [1.82, 2.24) is 9.80 Å². The van der Waals surface area contributed by atoms with Gasteiger partial charge in [-0.15, -0.1) is 0 Å². The van der Waals surface area contributed by atoms with Gasteiger partial charge in [0.1, 0.15) is 0 Å². The van der Waals surface area contributed by atoms with E-state index >= 15 is 0 Å². The van der Waals surface area contributed by atoms with Crippen LogP contribution in [0.3, 0.4) is 0 Å². The molecule has 0 N–H and O–H groups in total. The Bertz CT molecular complexity index is 1220. The number of nitrogens with zero attached hydrogens (tertiary/aromatic N) is 2. The zero-order chi connectivity index (χ0) is 34.7. The van der Waals surface area contributed by atoms with Gasteiger partial charge in [-0.3, -0.25) is 19.2 Å². The Balaban J connectivity index is 0.00000106. The Hall–Kier alpha value is -2.74. The lowest BCUT2D eigenvalue weighted by Crippen LogP contribution is -2.57. The summed E-state index contributed by atoms with van der Waals surface area (Å²) < 4.78 is 174. The summed E-state index contributed by atoms with van der Waals surface area (Å²) in [5.74, 6) is -25.1. The highest BCUT2D eigenvalue weighted by Gasteiger charge is 2.74. The second kappa shape index (κ2) is 13.5. The van der Waals surface area contributed by atoms with Gasteiger partial charge in [0.25, 0.3) is 5.91 Å². The van der Waals surface area contributed by atoms with Crippen LogP contribution in [0.5, 0.6) is 0 Å². The van der Waals surface area contributed by atoms with E-state index in [4.69, 9.17) is 23.2 Å². The minimum Gasteiger partial charge on any atom is -0.335 e. The molecule has 6 nitrogen and oxygen atoms in total. The summed E-state index contributed by atoms with van der Waals surface area (Å²) in [6, 6.07) is 0. The molecule has 0 unspecified atom stereocenters. The van der Waals surface area contributed by atoms with Gasteiger partial charge in [-0.1, -0.05) is 23.2 Å². The standard InChI is InChI=1S/C15H8Cl2F7NO4.C6H8F7N/c1-25(5-13(18,19)14(20,21)15(22,23)24)12(29)9-8(4-28)10(16)6(2-26)7(3-27)11(9)17;1-14(2)3-4(7,8)5(9,10)6(11,12)13/h2-4H,5H2,1H3;3H2,1-2H3. The van der Waals surface area contributed by atoms with Crippen LogP contribution in [0, 0.1) is 0 Å². The number of carbonyl (C=O) groups is 4. The summed E-state index contributed by atoms with van der Waals surface area (Å²) in [4.78, 5) is 46.1. The maximum atomic E-state index is 13.6. The molecule has 0 radical (unpaired) electrons. The Kier molecular flexibility index (Phi) is 12.6. The smallest absolute Gasteiger partial charge is 0.335 e. The molecule has 0 bridgehead atoms. The molecule has 1 amide bonds. The van der Waals surface area contributed by atoms with E-state index in [2.05, 4.69) is 0 Å². The first-order chi connectivity index (χ1) is 19.0. The van der Waals surface area contributed by atoms with Crippen molar-refractivity contribution in [2.75, 3.05) is 34.2 Å². The fourth-order valence-electron chi connectivity index (χ4n) is 2.87. The largest absolute Gasteiger partial charge is 0.459 e. The van der Waals surface area contributed by atoms with Gasteiger partial charge >= 0.3 is 36.0 Å². The van der Waals surface area contributed by atoms with Crippen LogP contribution < -0.4 is 0 Å². The number of amides is 1. The van der Waals surface area contributed by atoms with Crippen molar-refractivity contribution in [3.8, 4) is 0 Å². The number of hydrogen-bond acceptors (Lipinski definition) is 5. The van der Waals surface area contributed by atoms with Gasteiger partial charge in [-0.05, 0) is 14.1 Å². The third-order valence-electron chi connectivity index (χ3n) is 4.98. The van der Waals surface area contributed by atoms with Crippen molar-refractivity contribution >= 4 is 48.0 Å². The highest BCUT2D eigenvalue weighted by atomic mass is 35.5. The molecular weight excluding hydrogens is 681 g/mol. The van der Waals surface area contributed by atoms with Gasteiger partial charge in [-0.25, -0.2) is 0 Å². The van der Waals surface area contributed by atoms with Crippen molar-refractivity contribution < 1.29 is 80.6 Å². The lowest BCUT2D eigenvalue weighted by Gasteiger charge is -2.31. The molecule has 22 heteroatoms. The molecule has 0 saturated heterocycles. The van der Waals surface area contributed by atoms with Crippen LogP contribution in [0.4, 0.5) is 61.5 Å². The van der Waals surface area contributed by atoms with Gasteiger partial charge in [0, 0.05) is 23.7 Å². The average Bonchev–Trinajstić information content (AvgIpc) is 2.81. The van der Waals surface area contributed by atoms with Gasteiger partial charge < -0.3 is 9.80 Å². The molecule has 0 atom stereocenters. The first-order valence-electron chi connectivity index (χ1n) is 10.5. The number of hydrogen-bond donors (Lipinski definition) is 0. The van der Waals surface area contributed by atoms with Gasteiger partial charge in [0.2, 0.25) is 0 Å². The molecule has 0 aliphatic carbocycles. The van der Waals surface area contributed by atoms with Gasteiger partial charge in [-0.2, -0.15) is 61.5 Å². The molecular formula is C21H16Cl2F14N2O4. The molecule has 0 aliphatic rings. The van der Waals surface area contributed by atoms with Crippen molar-refractivity contribution in [3.05, 3.63) is 32.3 Å². The molecule has 0 fully saturated rings. The van der Waals surface area contributed by atoms with E-state index < -0.39 is 87.3 Å². The second-order valence-corrected chi connectivity index (χ2v) is 9.31. The fraction of sp³-hybridized carbons (Fsp3) is 0.524. The summed E-state index contributed by atoms with van der Waals surface area (Å²) in [7, 11) is 2.37. The topological polar surface area (TPSA) is 74.8 Å². The number of halogens is 16. The maximum absolute atomic E-state index is 13.6. The SMILES string of the molecule is CN(C)CC(F)(F)C(F)(F)C(F)(F)F.CN(CC(F)(F)C(F)(F)C(F)(F)F)C(=O)c1c(Cl)c(C=O)c(C=O)c(Cl)c1C=O. The number of benzene rings is 1. The monoisotopic (exact) mass is 696 g/mol. The number of alkyl halides is 14. The summed E-state index contributed by atoms with van der Waals surface area (Å²) in [6.45, 7) is -4.10. The minimum absolute atomic E-state index is 0.000945. The average molecular weight is 697 g/mol. The van der Waals surface area contributed by atoms with E-state index in [1.807, 2.05) is 0 Å². The quantitative estimate of drug-likeness (QED) is 0.201. The minimum atomic E-state index is -6.62. The van der Waals surface area contributed by atoms with E-state index in [0.717, 1.165) is 14.1 Å². The van der Waals surface area contributed by atoms with Gasteiger partial charge in [0.05, 0.1) is 28.7 Å². The van der Waals surface area contributed by atoms with Crippen LogP contribution in [0.25, 0.3) is 0 Å². The number of aldehydes is 3. The Morgan fingerprint density at radius 2 is 0.930 bits per heavy atom. The van der Waals surface area contributed by atoms with Crippen molar-refractivity contribution in [1.29, 1.82) is 0 Å². The fourth-order valence-corrected chi connectivity index (χ4v) is 3.48. The van der Waals surface area contributed by atoms with Gasteiger partial charge in [0.15, 0.2) is 18.9 Å². The normalized spacial score (nSPS) is 13.3. The zero-order valence-electron chi connectivity index (χ0n) is 21.2. The van der Waals surface area contributed by atoms with Crippen LogP contribution in [-0.4, -0.2) is 105 Å². The molecule has 246 valence electrons. The molecule has 0 saturated carbocycles. The Labute approximate surface area is 241 Å². The number of rotatable bonds is 10. The lowest BCUT2D eigenvalue weighted by atomic mass is 9.98. The molecule has 1 rings (SSSR count).